The molecule has 0 radical (unpaired) electrons. The molecule has 13 heteroatoms. The maximum atomic E-state index is 13.8. The molecule has 3 aromatic carbocycles. The molecule has 1 aromatic heterocycles. The van der Waals surface area contributed by atoms with Crippen molar-refractivity contribution in [2.24, 2.45) is 5.92 Å². The summed E-state index contributed by atoms with van der Waals surface area (Å²) in [5.74, 6) is 0.655. The second kappa shape index (κ2) is 18.1. The molecule has 3 N–H and O–H groups in total. The van der Waals surface area contributed by atoms with Crippen LogP contribution in [0, 0.1) is 5.92 Å². The van der Waals surface area contributed by atoms with Crippen LogP contribution in [-0.4, -0.2) is 106 Å². The van der Waals surface area contributed by atoms with Gasteiger partial charge in [-0.3, -0.25) is 29.4 Å². The Kier molecular flexibility index (Phi) is 12.3. The van der Waals surface area contributed by atoms with Gasteiger partial charge in [0.2, 0.25) is 29.6 Å². The summed E-state index contributed by atoms with van der Waals surface area (Å²) in [6, 6.07) is 26.3. The van der Waals surface area contributed by atoms with Crippen molar-refractivity contribution in [1.29, 1.82) is 0 Å². The van der Waals surface area contributed by atoms with Crippen LogP contribution in [0.1, 0.15) is 62.8 Å². The molecule has 4 amide bonds. The Morgan fingerprint density at radius 2 is 1.50 bits per heavy atom. The molecule has 3 unspecified atom stereocenters. The molecular formula is C45H51ClN8O4. The minimum absolute atomic E-state index is 0.0701. The predicted molar refractivity (Wildman–Crippen MR) is 225 cm³/mol. The molecule has 58 heavy (non-hydrogen) atoms. The van der Waals surface area contributed by atoms with E-state index in [9.17, 15) is 19.2 Å². The molecule has 1 saturated carbocycles. The maximum absolute atomic E-state index is 13.8. The van der Waals surface area contributed by atoms with E-state index in [1.165, 1.54) is 5.56 Å². The van der Waals surface area contributed by atoms with E-state index in [-0.39, 0.29) is 35.6 Å². The zero-order valence-corrected chi connectivity index (χ0v) is 33.5. The Hall–Kier alpha value is -5.33. The number of amides is 4. The molecule has 4 heterocycles. The second-order valence-electron chi connectivity index (χ2n) is 16.1. The first kappa shape index (κ1) is 39.5. The van der Waals surface area contributed by atoms with Gasteiger partial charge in [-0.2, -0.15) is 0 Å². The molecule has 0 spiro atoms. The lowest BCUT2D eigenvalue weighted by molar-refractivity contribution is -0.143. The monoisotopic (exact) mass is 802 g/mol. The van der Waals surface area contributed by atoms with Crippen LogP contribution in [0.4, 0.5) is 11.6 Å². The molecule has 1 aliphatic carbocycles. The Balaban J connectivity index is 0.774. The van der Waals surface area contributed by atoms with Gasteiger partial charge in [-0.25, -0.2) is 9.97 Å². The topological polar surface area (TPSA) is 140 Å². The van der Waals surface area contributed by atoms with Crippen molar-refractivity contribution < 1.29 is 19.2 Å². The smallest absolute Gasteiger partial charge is 0.249 e. The molecule has 3 aliphatic heterocycles. The molecule has 0 bridgehead atoms. The van der Waals surface area contributed by atoms with E-state index in [0.29, 0.717) is 74.6 Å². The molecule has 3 saturated heterocycles. The van der Waals surface area contributed by atoms with Gasteiger partial charge < -0.3 is 20.4 Å². The number of likely N-dealkylation sites (tertiary alicyclic amines) is 1. The number of hydrogen-bond donors (Lipinski definition) is 3. The van der Waals surface area contributed by atoms with Gasteiger partial charge in [-0.15, -0.1) is 0 Å². The number of carbonyl (C=O) groups excluding carboxylic acids is 4. The van der Waals surface area contributed by atoms with E-state index in [1.54, 1.807) is 6.20 Å². The van der Waals surface area contributed by atoms with Crippen molar-refractivity contribution in [3.05, 3.63) is 95.6 Å². The highest BCUT2D eigenvalue weighted by molar-refractivity contribution is 6.33. The average Bonchev–Trinajstić information content (AvgIpc) is 3.26. The molecular weight excluding hydrogens is 752 g/mol. The first-order valence-corrected chi connectivity index (χ1v) is 21.1. The van der Waals surface area contributed by atoms with E-state index in [4.69, 9.17) is 16.6 Å². The minimum Gasteiger partial charge on any atom is -0.374 e. The second-order valence-corrected chi connectivity index (χ2v) is 16.5. The Labute approximate surface area is 344 Å². The number of nitrogens with one attached hydrogen (secondary N) is 3. The maximum Gasteiger partial charge on any atom is 0.249 e. The van der Waals surface area contributed by atoms with Crippen LogP contribution in [0.5, 0.6) is 0 Å². The fourth-order valence-corrected chi connectivity index (χ4v) is 9.08. The van der Waals surface area contributed by atoms with Crippen molar-refractivity contribution in [3.63, 3.8) is 0 Å². The number of rotatable bonds is 10. The summed E-state index contributed by atoms with van der Waals surface area (Å²) in [6.45, 7) is 4.34. The predicted octanol–water partition coefficient (Wildman–Crippen LogP) is 6.20. The Morgan fingerprint density at radius 3 is 2.26 bits per heavy atom. The average molecular weight is 803 g/mol. The van der Waals surface area contributed by atoms with E-state index in [1.807, 2.05) is 52.3 Å². The molecule has 4 fully saturated rings. The number of nitrogens with zero attached hydrogens (tertiary/aromatic N) is 5. The first-order chi connectivity index (χ1) is 28.3. The van der Waals surface area contributed by atoms with Gasteiger partial charge in [-0.05, 0) is 92.4 Å². The van der Waals surface area contributed by atoms with Gasteiger partial charge in [0.25, 0.3) is 0 Å². The van der Waals surface area contributed by atoms with Crippen LogP contribution in [0.15, 0.2) is 85.1 Å². The largest absolute Gasteiger partial charge is 0.374 e. The van der Waals surface area contributed by atoms with Crippen molar-refractivity contribution in [2.75, 3.05) is 56.4 Å². The van der Waals surface area contributed by atoms with Crippen LogP contribution < -0.4 is 16.0 Å². The van der Waals surface area contributed by atoms with Gasteiger partial charge >= 0.3 is 0 Å². The number of anilines is 2. The zero-order chi connectivity index (χ0) is 40.0. The number of aromatic nitrogens is 2. The molecule has 302 valence electrons. The van der Waals surface area contributed by atoms with Crippen molar-refractivity contribution in [1.82, 2.24) is 30.0 Å². The summed E-state index contributed by atoms with van der Waals surface area (Å²) >= 11 is 6.61. The molecule has 3 atom stereocenters. The highest BCUT2D eigenvalue weighted by Crippen LogP contribution is 2.33. The van der Waals surface area contributed by atoms with Gasteiger partial charge in [0.1, 0.15) is 6.04 Å². The third kappa shape index (κ3) is 9.51. The number of piperazine rings is 1. The lowest BCUT2D eigenvalue weighted by atomic mass is 9.84. The lowest BCUT2D eigenvalue weighted by Gasteiger charge is -2.39. The summed E-state index contributed by atoms with van der Waals surface area (Å²) in [6.07, 6.45) is 7.87. The third-order valence-corrected chi connectivity index (χ3v) is 12.5. The van der Waals surface area contributed by atoms with Crippen molar-refractivity contribution in [2.45, 2.75) is 69.4 Å². The summed E-state index contributed by atoms with van der Waals surface area (Å²) in [4.78, 5) is 66.1. The van der Waals surface area contributed by atoms with E-state index < -0.39 is 6.04 Å². The van der Waals surface area contributed by atoms with Gasteiger partial charge in [-0.1, -0.05) is 78.7 Å². The third-order valence-electron chi connectivity index (χ3n) is 12.2. The van der Waals surface area contributed by atoms with E-state index in [0.717, 1.165) is 67.6 Å². The van der Waals surface area contributed by atoms with Crippen LogP contribution in [0.25, 0.3) is 22.4 Å². The number of hydrogen-bond acceptors (Lipinski definition) is 9. The quantitative estimate of drug-likeness (QED) is 0.160. The molecule has 12 nitrogen and oxygen atoms in total. The summed E-state index contributed by atoms with van der Waals surface area (Å²) < 4.78 is 0. The van der Waals surface area contributed by atoms with Crippen molar-refractivity contribution in [3.8, 4) is 22.4 Å². The fourth-order valence-electron chi connectivity index (χ4n) is 8.88. The van der Waals surface area contributed by atoms with Crippen LogP contribution in [0.2, 0.25) is 5.02 Å². The standard InChI is InChI=1S/C45H51ClN8O4/c46-38-28-47-45(51-42(38)34-9-4-8-33(26-34)30-6-2-1-3-7-30)49-37-11-5-10-35(27-37)44(58)54-24-22-53(23-25-54)41(56)29-52-20-18-32(19-21-52)31-12-14-36(15-13-31)48-39-16-17-40(55)50-43(39)57/h1-4,6-9,12-15,26,28,32,35,37,39,48H,5,10-11,16-25,27,29H2,(H,47,49,51)(H,50,55,57). The Bertz CT molecular complexity index is 2100. The van der Waals surface area contributed by atoms with Crippen LogP contribution >= 0.6 is 11.6 Å². The van der Waals surface area contributed by atoms with Crippen molar-refractivity contribution >= 4 is 46.9 Å². The lowest BCUT2D eigenvalue weighted by Crippen LogP contribution is -2.54. The van der Waals surface area contributed by atoms with Gasteiger partial charge in [0, 0.05) is 55.8 Å². The number of halogens is 1. The normalized spacial score (nSPS) is 22.0. The molecule has 4 aromatic rings. The number of benzene rings is 3. The molecule has 4 aliphatic rings. The Morgan fingerprint density at radius 1 is 0.776 bits per heavy atom. The summed E-state index contributed by atoms with van der Waals surface area (Å²) in [5, 5.41) is 9.63. The molecule has 8 rings (SSSR count). The highest BCUT2D eigenvalue weighted by atomic mass is 35.5. The number of carbonyl (C=O) groups is 4. The summed E-state index contributed by atoms with van der Waals surface area (Å²) in [7, 11) is 0. The number of piperidine rings is 2. The van der Waals surface area contributed by atoms with Gasteiger partial charge in [0.05, 0.1) is 23.5 Å². The van der Waals surface area contributed by atoms with Crippen LogP contribution in [-0.2, 0) is 19.2 Å². The van der Waals surface area contributed by atoms with Crippen LogP contribution in [0.3, 0.4) is 0 Å². The minimum atomic E-state index is -0.400. The highest BCUT2D eigenvalue weighted by Gasteiger charge is 2.34. The number of imide groups is 1. The SMILES string of the molecule is O=C1CCC(Nc2ccc(C3CCN(CC(=O)N4CCN(C(=O)C5CCCC(Nc6ncc(Cl)c(-c7cccc(-c8ccccc8)c7)n6)C5)CC4)CC3)cc2)C(=O)N1. The fraction of sp³-hybridized carbons (Fsp3) is 0.422. The van der Waals surface area contributed by atoms with E-state index in [2.05, 4.69) is 62.2 Å². The van der Waals surface area contributed by atoms with E-state index >= 15 is 0 Å². The summed E-state index contributed by atoms with van der Waals surface area (Å²) in [5.41, 5.74) is 5.91. The zero-order valence-electron chi connectivity index (χ0n) is 32.7. The first-order valence-electron chi connectivity index (χ1n) is 20.7. The van der Waals surface area contributed by atoms with Gasteiger partial charge in [0.15, 0.2) is 0 Å².